The van der Waals surface area contributed by atoms with E-state index in [0.717, 1.165) is 24.0 Å². The SMILES string of the molecule is COc1cc(C(=O)NC(c2ccc(C)cc2)C2CC2)ccc1OC(F)F. The van der Waals surface area contributed by atoms with Gasteiger partial charge in [0.15, 0.2) is 11.5 Å². The fourth-order valence-corrected chi connectivity index (χ4v) is 2.90. The van der Waals surface area contributed by atoms with Crippen molar-refractivity contribution < 1.29 is 23.0 Å². The van der Waals surface area contributed by atoms with Crippen LogP contribution in [0.2, 0.25) is 0 Å². The van der Waals surface area contributed by atoms with E-state index in [-0.39, 0.29) is 23.4 Å². The summed E-state index contributed by atoms with van der Waals surface area (Å²) in [5.41, 5.74) is 2.56. The number of amides is 1. The first-order chi connectivity index (χ1) is 12.5. The van der Waals surface area contributed by atoms with Crippen LogP contribution in [0.25, 0.3) is 0 Å². The number of hydrogen-bond acceptors (Lipinski definition) is 3. The van der Waals surface area contributed by atoms with Crippen LogP contribution in [0.4, 0.5) is 8.78 Å². The van der Waals surface area contributed by atoms with Gasteiger partial charge in [-0.05, 0) is 49.4 Å². The highest BCUT2D eigenvalue weighted by Gasteiger charge is 2.33. The summed E-state index contributed by atoms with van der Waals surface area (Å²) in [7, 11) is 1.34. The molecule has 0 saturated heterocycles. The van der Waals surface area contributed by atoms with Crippen molar-refractivity contribution in [2.75, 3.05) is 7.11 Å². The predicted molar refractivity (Wildman–Crippen MR) is 93.7 cm³/mol. The molecule has 1 N–H and O–H groups in total. The number of benzene rings is 2. The smallest absolute Gasteiger partial charge is 0.387 e. The molecule has 138 valence electrons. The number of aryl methyl sites for hydroxylation is 1. The van der Waals surface area contributed by atoms with E-state index in [1.54, 1.807) is 0 Å². The number of hydrogen-bond donors (Lipinski definition) is 1. The molecule has 1 unspecified atom stereocenters. The average molecular weight is 361 g/mol. The lowest BCUT2D eigenvalue weighted by molar-refractivity contribution is -0.0512. The van der Waals surface area contributed by atoms with Gasteiger partial charge in [-0.2, -0.15) is 8.78 Å². The number of rotatable bonds is 7. The van der Waals surface area contributed by atoms with E-state index in [1.807, 2.05) is 31.2 Å². The van der Waals surface area contributed by atoms with Crippen molar-refractivity contribution in [2.45, 2.75) is 32.4 Å². The van der Waals surface area contributed by atoms with Crippen LogP contribution in [0.3, 0.4) is 0 Å². The second-order valence-corrected chi connectivity index (χ2v) is 6.44. The van der Waals surface area contributed by atoms with Gasteiger partial charge in [-0.25, -0.2) is 0 Å². The fraction of sp³-hybridized carbons (Fsp3) is 0.350. The Hall–Kier alpha value is -2.63. The van der Waals surface area contributed by atoms with Gasteiger partial charge in [0.2, 0.25) is 0 Å². The molecule has 1 aliphatic rings. The Morgan fingerprint density at radius 1 is 1.12 bits per heavy atom. The maximum absolute atomic E-state index is 12.7. The fourth-order valence-electron chi connectivity index (χ4n) is 2.90. The first-order valence-electron chi connectivity index (χ1n) is 8.48. The molecule has 0 heterocycles. The van der Waals surface area contributed by atoms with Gasteiger partial charge in [-0.15, -0.1) is 0 Å². The van der Waals surface area contributed by atoms with Crippen molar-refractivity contribution >= 4 is 5.91 Å². The maximum atomic E-state index is 12.7. The molecule has 3 rings (SSSR count). The summed E-state index contributed by atoms with van der Waals surface area (Å²) in [6.45, 7) is -0.937. The zero-order valence-electron chi connectivity index (χ0n) is 14.7. The van der Waals surface area contributed by atoms with E-state index >= 15 is 0 Å². The summed E-state index contributed by atoms with van der Waals surface area (Å²) in [6, 6.07) is 12.2. The molecule has 0 radical (unpaired) electrons. The first-order valence-corrected chi connectivity index (χ1v) is 8.48. The Morgan fingerprint density at radius 2 is 1.81 bits per heavy atom. The zero-order valence-corrected chi connectivity index (χ0v) is 14.7. The molecule has 26 heavy (non-hydrogen) atoms. The normalized spacial score (nSPS) is 14.8. The van der Waals surface area contributed by atoms with Crippen molar-refractivity contribution in [1.82, 2.24) is 5.32 Å². The largest absolute Gasteiger partial charge is 0.493 e. The Bertz CT molecular complexity index is 773. The van der Waals surface area contributed by atoms with Gasteiger partial charge in [0.05, 0.1) is 13.2 Å². The lowest BCUT2D eigenvalue weighted by atomic mass is 10.0. The number of alkyl halides is 2. The van der Waals surface area contributed by atoms with Crippen molar-refractivity contribution in [1.29, 1.82) is 0 Å². The van der Waals surface area contributed by atoms with Gasteiger partial charge in [0.25, 0.3) is 5.91 Å². The summed E-state index contributed by atoms with van der Waals surface area (Å²) in [5.74, 6) is 0.141. The van der Waals surface area contributed by atoms with Gasteiger partial charge in [0.1, 0.15) is 0 Å². The highest BCUT2D eigenvalue weighted by molar-refractivity contribution is 5.95. The van der Waals surface area contributed by atoms with Crippen LogP contribution in [0.5, 0.6) is 11.5 Å². The van der Waals surface area contributed by atoms with Gasteiger partial charge in [-0.3, -0.25) is 4.79 Å². The monoisotopic (exact) mass is 361 g/mol. The van der Waals surface area contributed by atoms with Crippen molar-refractivity contribution in [3.8, 4) is 11.5 Å². The molecule has 2 aromatic carbocycles. The number of methoxy groups -OCH3 is 1. The van der Waals surface area contributed by atoms with E-state index in [1.165, 1.54) is 25.3 Å². The molecule has 1 fully saturated rings. The van der Waals surface area contributed by atoms with Gasteiger partial charge < -0.3 is 14.8 Å². The van der Waals surface area contributed by atoms with Crippen LogP contribution in [0.1, 0.15) is 40.4 Å². The molecule has 1 amide bonds. The van der Waals surface area contributed by atoms with Crippen LogP contribution in [0.15, 0.2) is 42.5 Å². The second kappa shape index (κ2) is 7.72. The van der Waals surface area contributed by atoms with Crippen molar-refractivity contribution in [3.63, 3.8) is 0 Å². The van der Waals surface area contributed by atoms with Gasteiger partial charge in [0, 0.05) is 5.56 Å². The number of carbonyl (C=O) groups is 1. The molecule has 1 atom stereocenters. The third-order valence-electron chi connectivity index (χ3n) is 4.46. The van der Waals surface area contributed by atoms with E-state index in [9.17, 15) is 13.6 Å². The third-order valence-corrected chi connectivity index (χ3v) is 4.46. The first kappa shape index (κ1) is 18.2. The second-order valence-electron chi connectivity index (χ2n) is 6.44. The molecule has 1 aliphatic carbocycles. The summed E-state index contributed by atoms with van der Waals surface area (Å²) in [5, 5.41) is 3.06. The Morgan fingerprint density at radius 3 is 2.38 bits per heavy atom. The Kier molecular flexibility index (Phi) is 5.40. The van der Waals surface area contributed by atoms with Crippen molar-refractivity contribution in [3.05, 3.63) is 59.2 Å². The standard InChI is InChI=1S/C20H21F2NO3/c1-12-3-5-13(6-4-12)18(14-7-8-14)23-19(24)15-9-10-16(26-20(21)22)17(11-15)25-2/h3-6,9-11,14,18,20H,7-8H2,1-2H3,(H,23,24). The summed E-state index contributed by atoms with van der Waals surface area (Å²) in [6.07, 6.45) is 2.15. The molecule has 1 saturated carbocycles. The Labute approximate surface area is 151 Å². The van der Waals surface area contributed by atoms with Gasteiger partial charge in [-0.1, -0.05) is 29.8 Å². The molecule has 6 heteroatoms. The minimum Gasteiger partial charge on any atom is -0.493 e. The molecule has 0 bridgehead atoms. The van der Waals surface area contributed by atoms with Crippen molar-refractivity contribution in [2.24, 2.45) is 5.92 Å². The van der Waals surface area contributed by atoms with E-state index in [4.69, 9.17) is 4.74 Å². The van der Waals surface area contributed by atoms with Crippen LogP contribution in [0, 0.1) is 12.8 Å². The topological polar surface area (TPSA) is 47.6 Å². The molecular formula is C20H21F2NO3. The Balaban J connectivity index is 1.78. The third kappa shape index (κ3) is 4.31. The highest BCUT2D eigenvalue weighted by atomic mass is 19.3. The molecule has 0 spiro atoms. The van der Waals surface area contributed by atoms with Crippen LogP contribution in [-0.2, 0) is 0 Å². The van der Waals surface area contributed by atoms with E-state index in [2.05, 4.69) is 10.1 Å². The number of ether oxygens (including phenoxy) is 2. The molecule has 0 aromatic heterocycles. The minimum atomic E-state index is -2.95. The average Bonchev–Trinajstić information content (AvgIpc) is 3.45. The highest BCUT2D eigenvalue weighted by Crippen LogP contribution is 2.41. The molecular weight excluding hydrogens is 340 g/mol. The van der Waals surface area contributed by atoms with E-state index < -0.39 is 6.61 Å². The lowest BCUT2D eigenvalue weighted by Gasteiger charge is -2.19. The number of nitrogens with one attached hydrogen (secondary N) is 1. The van der Waals surface area contributed by atoms with E-state index in [0.29, 0.717) is 11.5 Å². The molecule has 0 aliphatic heterocycles. The predicted octanol–water partition coefficient (Wildman–Crippen LogP) is 4.49. The lowest BCUT2D eigenvalue weighted by Crippen LogP contribution is -2.29. The minimum absolute atomic E-state index is 0.0638. The van der Waals surface area contributed by atoms with Crippen LogP contribution < -0.4 is 14.8 Å². The summed E-state index contributed by atoms with van der Waals surface area (Å²) in [4.78, 5) is 12.7. The van der Waals surface area contributed by atoms with Crippen LogP contribution >= 0.6 is 0 Å². The quantitative estimate of drug-likeness (QED) is 0.791. The zero-order chi connectivity index (χ0) is 18.7. The maximum Gasteiger partial charge on any atom is 0.387 e. The number of halogens is 2. The summed E-state index contributed by atoms with van der Waals surface area (Å²) >= 11 is 0. The molecule has 4 nitrogen and oxygen atoms in total. The molecule has 2 aromatic rings. The van der Waals surface area contributed by atoms with Gasteiger partial charge >= 0.3 is 6.61 Å². The number of carbonyl (C=O) groups excluding carboxylic acids is 1. The summed E-state index contributed by atoms with van der Waals surface area (Å²) < 4.78 is 34.3. The van der Waals surface area contributed by atoms with Crippen LogP contribution in [-0.4, -0.2) is 19.6 Å².